The fraction of sp³-hybridized carbons (Fsp3) is 0.385. The Morgan fingerprint density at radius 3 is 2.20 bits per heavy atom. The van der Waals surface area contributed by atoms with Crippen LogP contribution in [0.15, 0.2) is 16.6 Å². The van der Waals surface area contributed by atoms with Gasteiger partial charge in [-0.3, -0.25) is 9.59 Å². The maximum absolute atomic E-state index is 14.1. The third kappa shape index (κ3) is 3.70. The molecule has 0 aromatic heterocycles. The van der Waals surface area contributed by atoms with Gasteiger partial charge < -0.3 is 9.47 Å². The van der Waals surface area contributed by atoms with Crippen LogP contribution in [0.3, 0.4) is 0 Å². The molecule has 0 radical (unpaired) electrons. The van der Waals surface area contributed by atoms with Crippen molar-refractivity contribution in [1.82, 2.24) is 0 Å². The lowest BCUT2D eigenvalue weighted by Gasteiger charge is -2.16. The molecule has 0 atom stereocenters. The van der Waals surface area contributed by atoms with Gasteiger partial charge in [0.15, 0.2) is 5.92 Å². The van der Waals surface area contributed by atoms with Gasteiger partial charge >= 0.3 is 11.9 Å². The van der Waals surface area contributed by atoms with E-state index >= 15 is 0 Å². The minimum atomic E-state index is -1.49. The van der Waals surface area contributed by atoms with Crippen LogP contribution in [0.4, 0.5) is 4.39 Å². The summed E-state index contributed by atoms with van der Waals surface area (Å²) in [4.78, 5) is 23.7. The molecular formula is C13H13BrClFO4. The average Bonchev–Trinajstić information content (AvgIpc) is 2.40. The van der Waals surface area contributed by atoms with Gasteiger partial charge in [-0.05, 0) is 35.8 Å². The molecule has 0 aliphatic heterocycles. The van der Waals surface area contributed by atoms with Crippen molar-refractivity contribution in [2.75, 3.05) is 13.2 Å². The molecule has 0 bridgehead atoms. The summed E-state index contributed by atoms with van der Waals surface area (Å²) in [6.45, 7) is 3.32. The van der Waals surface area contributed by atoms with Crippen molar-refractivity contribution in [1.29, 1.82) is 0 Å². The molecule has 0 aliphatic rings. The van der Waals surface area contributed by atoms with Gasteiger partial charge in [0.05, 0.1) is 18.2 Å². The van der Waals surface area contributed by atoms with E-state index in [9.17, 15) is 14.0 Å². The highest BCUT2D eigenvalue weighted by molar-refractivity contribution is 9.10. The topological polar surface area (TPSA) is 52.6 Å². The number of benzene rings is 1. The van der Waals surface area contributed by atoms with Crippen molar-refractivity contribution in [3.8, 4) is 0 Å². The van der Waals surface area contributed by atoms with Gasteiger partial charge in [-0.1, -0.05) is 17.7 Å². The second kappa shape index (κ2) is 7.59. The first-order valence-electron chi connectivity index (χ1n) is 5.90. The highest BCUT2D eigenvalue weighted by atomic mass is 79.9. The molecular weight excluding hydrogens is 354 g/mol. The van der Waals surface area contributed by atoms with Gasteiger partial charge in [0, 0.05) is 10.0 Å². The van der Waals surface area contributed by atoms with Gasteiger partial charge in [-0.15, -0.1) is 0 Å². The van der Waals surface area contributed by atoms with Gasteiger partial charge in [-0.25, -0.2) is 4.39 Å². The zero-order chi connectivity index (χ0) is 15.3. The van der Waals surface area contributed by atoms with Gasteiger partial charge in [0.2, 0.25) is 0 Å². The predicted octanol–water partition coefficient (Wildman–Crippen LogP) is 3.45. The maximum Gasteiger partial charge on any atom is 0.325 e. The summed E-state index contributed by atoms with van der Waals surface area (Å²) in [5.74, 6) is -4.08. The molecule has 0 aliphatic carbocycles. The Hall–Kier alpha value is -1.14. The highest BCUT2D eigenvalue weighted by Gasteiger charge is 2.34. The van der Waals surface area contributed by atoms with E-state index in [-0.39, 0.29) is 23.8 Å². The molecule has 0 saturated heterocycles. The summed E-state index contributed by atoms with van der Waals surface area (Å²) in [5.41, 5.74) is -0.171. The minimum Gasteiger partial charge on any atom is -0.465 e. The Morgan fingerprint density at radius 2 is 1.75 bits per heavy atom. The van der Waals surface area contributed by atoms with E-state index in [4.69, 9.17) is 21.1 Å². The lowest BCUT2D eigenvalue weighted by molar-refractivity contribution is -0.157. The van der Waals surface area contributed by atoms with Crippen LogP contribution in [-0.2, 0) is 19.1 Å². The molecule has 0 fully saturated rings. The molecule has 0 N–H and O–H groups in total. The van der Waals surface area contributed by atoms with Crippen molar-refractivity contribution in [2.45, 2.75) is 19.8 Å². The van der Waals surface area contributed by atoms with Crippen molar-refractivity contribution < 1.29 is 23.5 Å². The Labute approximate surface area is 129 Å². The second-order valence-corrected chi connectivity index (χ2v) is 4.93. The molecule has 0 saturated carbocycles. The van der Waals surface area contributed by atoms with E-state index < -0.39 is 23.7 Å². The average molecular weight is 368 g/mol. The van der Waals surface area contributed by atoms with Crippen molar-refractivity contribution in [3.63, 3.8) is 0 Å². The van der Waals surface area contributed by atoms with Gasteiger partial charge in [0.25, 0.3) is 0 Å². The molecule has 0 spiro atoms. The van der Waals surface area contributed by atoms with Gasteiger partial charge in [-0.2, -0.15) is 0 Å². The monoisotopic (exact) mass is 366 g/mol. The number of carbonyl (C=O) groups is 2. The molecule has 7 heteroatoms. The number of hydrogen-bond acceptors (Lipinski definition) is 4. The zero-order valence-corrected chi connectivity index (χ0v) is 13.3. The number of esters is 2. The molecule has 0 unspecified atom stereocenters. The van der Waals surface area contributed by atoms with Crippen LogP contribution in [-0.4, -0.2) is 25.2 Å². The van der Waals surface area contributed by atoms with E-state index in [0.717, 1.165) is 0 Å². The first-order valence-corrected chi connectivity index (χ1v) is 7.07. The number of ether oxygens (including phenoxy) is 2. The quantitative estimate of drug-likeness (QED) is 0.454. The normalized spacial score (nSPS) is 10.5. The zero-order valence-electron chi connectivity index (χ0n) is 10.9. The van der Waals surface area contributed by atoms with Crippen LogP contribution >= 0.6 is 27.5 Å². The van der Waals surface area contributed by atoms with Crippen LogP contribution in [0.25, 0.3) is 0 Å². The summed E-state index contributed by atoms with van der Waals surface area (Å²) in [7, 11) is 0. The molecule has 1 aromatic rings. The Morgan fingerprint density at radius 1 is 1.25 bits per heavy atom. The lowest BCUT2D eigenvalue weighted by Crippen LogP contribution is -2.27. The van der Waals surface area contributed by atoms with Crippen LogP contribution in [0, 0.1) is 5.82 Å². The number of halogens is 3. The first-order chi connectivity index (χ1) is 9.43. The summed E-state index contributed by atoms with van der Waals surface area (Å²) < 4.78 is 24.0. The first kappa shape index (κ1) is 16.9. The number of rotatable bonds is 5. The number of hydrogen-bond donors (Lipinski definition) is 0. The molecule has 4 nitrogen and oxygen atoms in total. The Bertz CT molecular complexity index is 503. The fourth-order valence-corrected chi connectivity index (χ4v) is 2.04. The highest BCUT2D eigenvalue weighted by Crippen LogP contribution is 2.32. The van der Waals surface area contributed by atoms with E-state index in [2.05, 4.69) is 15.9 Å². The van der Waals surface area contributed by atoms with E-state index in [0.29, 0.717) is 4.47 Å². The van der Waals surface area contributed by atoms with Crippen LogP contribution in [0.1, 0.15) is 25.3 Å². The van der Waals surface area contributed by atoms with E-state index in [1.807, 2.05) is 0 Å². The predicted molar refractivity (Wildman–Crippen MR) is 75.1 cm³/mol. The number of carbonyl (C=O) groups excluding carboxylic acids is 2. The molecule has 1 aromatic carbocycles. The van der Waals surface area contributed by atoms with Gasteiger partial charge in [0.1, 0.15) is 5.82 Å². The Kier molecular flexibility index (Phi) is 6.42. The molecule has 1 rings (SSSR count). The molecule has 0 heterocycles. The van der Waals surface area contributed by atoms with Crippen molar-refractivity contribution in [2.24, 2.45) is 0 Å². The van der Waals surface area contributed by atoms with Crippen LogP contribution in [0.2, 0.25) is 5.02 Å². The third-order valence-electron chi connectivity index (χ3n) is 2.42. The van der Waals surface area contributed by atoms with Crippen LogP contribution in [0.5, 0.6) is 0 Å². The second-order valence-electron chi connectivity index (χ2n) is 3.70. The molecule has 110 valence electrons. The SMILES string of the molecule is CCOC(=O)C(C(=O)OCC)c1ccc(Br)c(Cl)c1F. The smallest absolute Gasteiger partial charge is 0.325 e. The third-order valence-corrected chi connectivity index (χ3v) is 3.68. The summed E-state index contributed by atoms with van der Waals surface area (Å²) >= 11 is 8.82. The van der Waals surface area contributed by atoms with Crippen molar-refractivity contribution in [3.05, 3.63) is 33.0 Å². The van der Waals surface area contributed by atoms with E-state index in [1.54, 1.807) is 13.8 Å². The summed E-state index contributed by atoms with van der Waals surface area (Å²) in [5, 5.41) is -0.207. The standard InChI is InChI=1S/C13H13BrClFO4/c1-3-19-12(17)9(13(18)20-4-2)7-5-6-8(14)10(15)11(7)16/h5-6,9H,3-4H2,1-2H3. The van der Waals surface area contributed by atoms with Crippen molar-refractivity contribution >= 4 is 39.5 Å². The fourth-order valence-electron chi connectivity index (χ4n) is 1.57. The summed E-state index contributed by atoms with van der Waals surface area (Å²) in [6.07, 6.45) is 0. The molecule has 0 amide bonds. The summed E-state index contributed by atoms with van der Waals surface area (Å²) in [6, 6.07) is 2.75. The van der Waals surface area contributed by atoms with E-state index in [1.165, 1.54) is 12.1 Å². The minimum absolute atomic E-state index is 0.0701. The van der Waals surface area contributed by atoms with Crippen LogP contribution < -0.4 is 0 Å². The molecule has 20 heavy (non-hydrogen) atoms. The lowest BCUT2D eigenvalue weighted by atomic mass is 9.98. The largest absolute Gasteiger partial charge is 0.465 e. The maximum atomic E-state index is 14.1. The Balaban J connectivity index is 3.27.